The Balaban J connectivity index is 2.46. The van der Waals surface area contributed by atoms with E-state index in [0.29, 0.717) is 5.52 Å². The van der Waals surface area contributed by atoms with Crippen LogP contribution in [0.3, 0.4) is 0 Å². The highest BCUT2D eigenvalue weighted by atomic mass is 16.4. The fraction of sp³-hybridized carbons (Fsp3) is 0. The predicted octanol–water partition coefficient (Wildman–Crippen LogP) is 2.48. The van der Waals surface area contributed by atoms with Crippen molar-refractivity contribution in [1.29, 1.82) is 0 Å². The third-order valence-electron chi connectivity index (χ3n) is 2.65. The number of benzene rings is 1. The first-order valence-corrected chi connectivity index (χ1v) is 5.13. The molecule has 0 aliphatic heterocycles. The third kappa shape index (κ3) is 1.50. The van der Waals surface area contributed by atoms with Gasteiger partial charge in [0.05, 0.1) is 11.0 Å². The minimum atomic E-state index is -1.03. The Hall–Kier alpha value is -2.49. The highest BCUT2D eigenvalue weighted by molar-refractivity contribution is 6.03. The van der Waals surface area contributed by atoms with Gasteiger partial charge in [0.2, 0.25) is 0 Å². The Kier molecular flexibility index (Phi) is 2.01. The summed E-state index contributed by atoms with van der Waals surface area (Å²) in [4.78, 5) is 19.3. The van der Waals surface area contributed by atoms with E-state index < -0.39 is 5.97 Å². The fourth-order valence-electron chi connectivity index (χ4n) is 1.84. The van der Waals surface area contributed by atoms with Gasteiger partial charge in [0.15, 0.2) is 0 Å². The summed E-state index contributed by atoms with van der Waals surface area (Å²) < 4.78 is 0. The maximum absolute atomic E-state index is 10.9. The van der Waals surface area contributed by atoms with Crippen molar-refractivity contribution in [3.63, 3.8) is 0 Å². The molecule has 0 saturated heterocycles. The zero-order valence-corrected chi connectivity index (χ0v) is 8.79. The molecule has 3 aromatic rings. The van der Waals surface area contributed by atoms with E-state index in [-0.39, 0.29) is 5.69 Å². The summed E-state index contributed by atoms with van der Waals surface area (Å²) >= 11 is 0. The molecule has 0 amide bonds. The monoisotopic (exact) mass is 224 g/mol. The largest absolute Gasteiger partial charge is 0.477 e. The molecule has 4 heteroatoms. The van der Waals surface area contributed by atoms with Gasteiger partial charge in [0.25, 0.3) is 0 Å². The molecule has 2 heterocycles. The predicted molar refractivity (Wildman–Crippen MR) is 64.0 cm³/mol. The summed E-state index contributed by atoms with van der Waals surface area (Å²) in [5, 5.41) is 10.8. The molecule has 17 heavy (non-hydrogen) atoms. The van der Waals surface area contributed by atoms with Crippen LogP contribution >= 0.6 is 0 Å². The summed E-state index contributed by atoms with van der Waals surface area (Å²) in [6.07, 6.45) is 1.68. The first-order valence-electron chi connectivity index (χ1n) is 5.13. The molecule has 0 spiro atoms. The van der Waals surface area contributed by atoms with Crippen LogP contribution in [0.1, 0.15) is 10.5 Å². The van der Waals surface area contributed by atoms with E-state index in [1.54, 1.807) is 12.3 Å². The number of hydrogen-bond acceptors (Lipinski definition) is 3. The molecule has 3 rings (SSSR count). The highest BCUT2D eigenvalue weighted by Gasteiger charge is 2.08. The normalized spacial score (nSPS) is 10.8. The molecule has 1 N–H and O–H groups in total. The van der Waals surface area contributed by atoms with Gasteiger partial charge < -0.3 is 5.11 Å². The van der Waals surface area contributed by atoms with Crippen LogP contribution in [0.4, 0.5) is 0 Å². The summed E-state index contributed by atoms with van der Waals surface area (Å²) in [7, 11) is 0. The number of carboxylic acid groups (broad SMARTS) is 1. The fourth-order valence-corrected chi connectivity index (χ4v) is 1.84. The third-order valence-corrected chi connectivity index (χ3v) is 2.65. The summed E-state index contributed by atoms with van der Waals surface area (Å²) in [6, 6.07) is 10.9. The van der Waals surface area contributed by atoms with E-state index in [1.807, 2.05) is 24.3 Å². The van der Waals surface area contributed by atoms with Crippen LogP contribution in [0.2, 0.25) is 0 Å². The van der Waals surface area contributed by atoms with Crippen molar-refractivity contribution in [1.82, 2.24) is 9.97 Å². The molecular weight excluding hydrogens is 216 g/mol. The van der Waals surface area contributed by atoms with Gasteiger partial charge in [-0.2, -0.15) is 0 Å². The second-order valence-corrected chi connectivity index (χ2v) is 3.71. The Morgan fingerprint density at radius 1 is 1.00 bits per heavy atom. The van der Waals surface area contributed by atoms with E-state index in [9.17, 15) is 4.79 Å². The molecule has 2 aromatic heterocycles. The van der Waals surface area contributed by atoms with Gasteiger partial charge in [-0.05, 0) is 12.1 Å². The van der Waals surface area contributed by atoms with Crippen molar-refractivity contribution >= 4 is 27.8 Å². The van der Waals surface area contributed by atoms with E-state index in [4.69, 9.17) is 5.11 Å². The summed E-state index contributed by atoms with van der Waals surface area (Å²) in [5.74, 6) is -1.03. The molecule has 0 unspecified atom stereocenters. The molecule has 82 valence electrons. The van der Waals surface area contributed by atoms with Gasteiger partial charge in [0.1, 0.15) is 5.69 Å². The number of aromatic nitrogens is 2. The molecule has 0 saturated carbocycles. The van der Waals surface area contributed by atoms with Crippen molar-refractivity contribution in [2.24, 2.45) is 0 Å². The molecule has 0 fully saturated rings. The number of fused-ring (bicyclic) bond motifs is 3. The molecule has 1 aromatic carbocycles. The number of pyridine rings is 2. The lowest BCUT2D eigenvalue weighted by Crippen LogP contribution is -2.00. The molecule has 0 atom stereocenters. The van der Waals surface area contributed by atoms with Crippen molar-refractivity contribution in [2.75, 3.05) is 0 Å². The zero-order chi connectivity index (χ0) is 11.8. The molecular formula is C13H8N2O2. The lowest BCUT2D eigenvalue weighted by molar-refractivity contribution is 0.0691. The number of rotatable bonds is 1. The Morgan fingerprint density at radius 3 is 2.47 bits per heavy atom. The average molecular weight is 224 g/mol. The number of hydrogen-bond donors (Lipinski definition) is 1. The maximum atomic E-state index is 10.9. The van der Waals surface area contributed by atoms with Crippen LogP contribution in [0.25, 0.3) is 21.8 Å². The minimum Gasteiger partial charge on any atom is -0.477 e. The molecule has 0 radical (unpaired) electrons. The van der Waals surface area contributed by atoms with Gasteiger partial charge >= 0.3 is 5.97 Å². The van der Waals surface area contributed by atoms with E-state index >= 15 is 0 Å². The van der Waals surface area contributed by atoms with Crippen LogP contribution in [-0.2, 0) is 0 Å². The standard InChI is InChI=1S/C13H8N2O2/c16-13(17)10-6-5-9-4-3-8-2-1-7-14-11(8)12(9)15-10/h1-7H,(H,16,17). The van der Waals surface area contributed by atoms with Crippen molar-refractivity contribution in [3.8, 4) is 0 Å². The summed E-state index contributed by atoms with van der Waals surface area (Å²) in [5.41, 5.74) is 1.40. The number of carboxylic acids is 1. The second-order valence-electron chi connectivity index (χ2n) is 3.71. The second kappa shape index (κ2) is 3.52. The Bertz CT molecular complexity index is 738. The summed E-state index contributed by atoms with van der Waals surface area (Å²) in [6.45, 7) is 0. The first-order chi connectivity index (χ1) is 8.25. The van der Waals surface area contributed by atoms with Crippen LogP contribution in [0, 0.1) is 0 Å². The lowest BCUT2D eigenvalue weighted by Gasteiger charge is -2.02. The highest BCUT2D eigenvalue weighted by Crippen LogP contribution is 2.21. The number of aromatic carboxylic acids is 1. The molecule has 0 aliphatic rings. The SMILES string of the molecule is O=C(O)c1ccc2ccc3cccnc3c2n1. The van der Waals surface area contributed by atoms with Crippen LogP contribution < -0.4 is 0 Å². The first kappa shape index (κ1) is 9.72. The Morgan fingerprint density at radius 2 is 1.71 bits per heavy atom. The number of nitrogens with zero attached hydrogens (tertiary/aromatic N) is 2. The number of carbonyl (C=O) groups is 1. The van der Waals surface area contributed by atoms with Crippen molar-refractivity contribution in [3.05, 3.63) is 48.3 Å². The zero-order valence-electron chi connectivity index (χ0n) is 8.79. The van der Waals surface area contributed by atoms with E-state index in [0.717, 1.165) is 16.3 Å². The molecule has 0 bridgehead atoms. The van der Waals surface area contributed by atoms with Crippen LogP contribution in [-0.4, -0.2) is 21.0 Å². The van der Waals surface area contributed by atoms with Gasteiger partial charge in [0, 0.05) is 17.0 Å². The van der Waals surface area contributed by atoms with Crippen molar-refractivity contribution in [2.45, 2.75) is 0 Å². The molecule has 4 nitrogen and oxygen atoms in total. The van der Waals surface area contributed by atoms with Gasteiger partial charge in [-0.25, -0.2) is 9.78 Å². The molecule has 0 aliphatic carbocycles. The lowest BCUT2D eigenvalue weighted by atomic mass is 10.1. The van der Waals surface area contributed by atoms with Gasteiger partial charge in [-0.3, -0.25) is 4.98 Å². The van der Waals surface area contributed by atoms with E-state index in [2.05, 4.69) is 9.97 Å². The minimum absolute atomic E-state index is 0.0376. The smallest absolute Gasteiger partial charge is 0.354 e. The van der Waals surface area contributed by atoms with E-state index in [1.165, 1.54) is 6.07 Å². The van der Waals surface area contributed by atoms with Crippen LogP contribution in [0.15, 0.2) is 42.6 Å². The van der Waals surface area contributed by atoms with Gasteiger partial charge in [-0.1, -0.05) is 24.3 Å². The quantitative estimate of drug-likeness (QED) is 0.645. The average Bonchev–Trinajstić information content (AvgIpc) is 2.38. The maximum Gasteiger partial charge on any atom is 0.354 e. The Labute approximate surface area is 96.6 Å². The van der Waals surface area contributed by atoms with Crippen LogP contribution in [0.5, 0.6) is 0 Å². The van der Waals surface area contributed by atoms with Gasteiger partial charge in [-0.15, -0.1) is 0 Å². The topological polar surface area (TPSA) is 63.1 Å². The van der Waals surface area contributed by atoms with Crippen molar-refractivity contribution < 1.29 is 9.90 Å².